The molecule has 0 amide bonds. The molecule has 20 heteroatoms. The fourth-order valence-electron chi connectivity index (χ4n) is 2.40. The summed E-state index contributed by atoms with van der Waals surface area (Å²) < 4.78 is 226. The summed E-state index contributed by atoms with van der Waals surface area (Å²) in [6, 6.07) is 0. The minimum absolute atomic E-state index is 0.244. The van der Waals surface area contributed by atoms with E-state index < -0.39 is 74.7 Å². The Balaban J connectivity index is 4.82. The van der Waals surface area contributed by atoms with Crippen LogP contribution in [0.25, 0.3) is 0 Å². The first kappa shape index (κ1) is 26.9. The van der Waals surface area contributed by atoms with Gasteiger partial charge in [-0.1, -0.05) is 0 Å². The zero-order valence-electron chi connectivity index (χ0n) is 13.3. The molecule has 180 valence electrons. The normalized spacial score (nSPS) is 14.7. The second-order valence-corrected chi connectivity index (χ2v) is 6.47. The van der Waals surface area contributed by atoms with Crippen molar-refractivity contribution < 1.29 is 78.8 Å². The maximum absolute atomic E-state index is 13.1. The lowest BCUT2D eigenvalue weighted by Gasteiger charge is -2.30. The Morgan fingerprint density at radius 2 is 0.677 bits per heavy atom. The number of alkyl halides is 15. The van der Waals surface area contributed by atoms with E-state index in [4.69, 9.17) is 4.55 Å². The van der Waals surface area contributed by atoms with E-state index in [2.05, 4.69) is 0 Å². The van der Waals surface area contributed by atoms with Crippen molar-refractivity contribution >= 4 is 16.0 Å². The minimum atomic E-state index is -7.10. The zero-order chi connectivity index (χ0) is 25.2. The van der Waals surface area contributed by atoms with Gasteiger partial charge in [0.05, 0.1) is 33.5 Å². The number of halogens is 15. The molecular formula is C11H2F15NO3S. The molecule has 0 aliphatic rings. The molecule has 2 N–H and O–H groups in total. The van der Waals surface area contributed by atoms with E-state index in [1.54, 1.807) is 0 Å². The molecule has 0 atom stereocenters. The Morgan fingerprint density at radius 1 is 0.484 bits per heavy atom. The van der Waals surface area contributed by atoms with E-state index in [9.17, 15) is 74.3 Å². The molecule has 0 aliphatic heterocycles. The van der Waals surface area contributed by atoms with Gasteiger partial charge >= 0.3 is 41.2 Å². The molecule has 1 rings (SSSR count). The van der Waals surface area contributed by atoms with Crippen molar-refractivity contribution in [2.75, 3.05) is 4.72 Å². The summed E-state index contributed by atoms with van der Waals surface area (Å²) in [4.78, 5) is 0. The Morgan fingerprint density at radius 3 is 0.839 bits per heavy atom. The molecule has 0 fully saturated rings. The molecule has 0 spiro atoms. The molecule has 0 unspecified atom stereocenters. The van der Waals surface area contributed by atoms with Gasteiger partial charge in [-0.2, -0.15) is 74.3 Å². The van der Waals surface area contributed by atoms with Crippen LogP contribution in [-0.4, -0.2) is 13.0 Å². The van der Waals surface area contributed by atoms with Crippen molar-refractivity contribution in [2.24, 2.45) is 0 Å². The molecule has 0 bridgehead atoms. The Bertz CT molecular complexity index is 910. The van der Waals surface area contributed by atoms with Crippen LogP contribution < -0.4 is 4.72 Å². The fraction of sp³-hybridized carbons (Fsp3) is 0.455. The van der Waals surface area contributed by atoms with Gasteiger partial charge in [-0.25, -0.2) is 0 Å². The molecule has 1 aromatic carbocycles. The van der Waals surface area contributed by atoms with E-state index in [-0.39, 0.29) is 4.72 Å². The lowest BCUT2D eigenvalue weighted by Crippen LogP contribution is -2.33. The number of anilines is 1. The van der Waals surface area contributed by atoms with Gasteiger partial charge < -0.3 is 0 Å². The highest BCUT2D eigenvalue weighted by molar-refractivity contribution is 7.87. The SMILES string of the molecule is O=S(=O)(O)Nc1c(C(F)(F)F)c(C(F)(F)F)c(C(F)(F)F)c(C(F)(F)F)c1C(F)(F)F. The maximum atomic E-state index is 13.1. The highest BCUT2D eigenvalue weighted by Gasteiger charge is 2.60. The molecule has 0 aliphatic carbocycles. The van der Waals surface area contributed by atoms with E-state index in [0.717, 1.165) is 0 Å². The second-order valence-electron chi connectivity index (χ2n) is 5.32. The largest absolute Gasteiger partial charge is 0.419 e. The third kappa shape index (κ3) is 5.77. The first-order valence-electron chi connectivity index (χ1n) is 6.55. The van der Waals surface area contributed by atoms with Gasteiger partial charge in [0.15, 0.2) is 0 Å². The van der Waals surface area contributed by atoms with Crippen LogP contribution in [-0.2, 0) is 41.2 Å². The number of hydrogen-bond donors (Lipinski definition) is 2. The van der Waals surface area contributed by atoms with Crippen LogP contribution in [0, 0.1) is 0 Å². The van der Waals surface area contributed by atoms with E-state index in [1.165, 1.54) is 0 Å². The smallest absolute Gasteiger partial charge is 0.269 e. The number of nitrogens with one attached hydrogen (secondary N) is 1. The van der Waals surface area contributed by atoms with E-state index >= 15 is 0 Å². The standard InChI is InChI=1S/C11H2F15NO3S/c12-7(13,14)1-2(8(15,16)17)4(10(21,22)23)6(27-31(28,29)30)5(11(24,25)26)3(1)9(18,19)20/h27H,(H,28,29,30). The maximum Gasteiger partial charge on any atom is 0.419 e. The van der Waals surface area contributed by atoms with E-state index in [1.807, 2.05) is 0 Å². The average molecular weight is 513 g/mol. The molecule has 1 aromatic rings. The van der Waals surface area contributed by atoms with Crippen LogP contribution in [0.1, 0.15) is 27.8 Å². The highest BCUT2D eigenvalue weighted by Crippen LogP contribution is 2.58. The van der Waals surface area contributed by atoms with Gasteiger partial charge in [-0.3, -0.25) is 9.27 Å². The predicted molar refractivity (Wildman–Crippen MR) is 66.6 cm³/mol. The fourth-order valence-corrected chi connectivity index (χ4v) is 2.86. The quantitative estimate of drug-likeness (QED) is 0.377. The molecule has 0 saturated carbocycles. The van der Waals surface area contributed by atoms with Crippen molar-refractivity contribution in [3.05, 3.63) is 27.8 Å². The van der Waals surface area contributed by atoms with Gasteiger partial charge in [0.1, 0.15) is 0 Å². The zero-order valence-corrected chi connectivity index (χ0v) is 14.2. The topological polar surface area (TPSA) is 66.4 Å². The van der Waals surface area contributed by atoms with Gasteiger partial charge in [0, 0.05) is 0 Å². The predicted octanol–water partition coefficient (Wildman–Crippen LogP) is 6.00. The van der Waals surface area contributed by atoms with Gasteiger partial charge in [-0.15, -0.1) is 0 Å². The highest BCUT2D eigenvalue weighted by atomic mass is 32.2. The number of rotatable bonds is 2. The lowest BCUT2D eigenvalue weighted by atomic mass is 9.87. The van der Waals surface area contributed by atoms with Crippen molar-refractivity contribution in [1.29, 1.82) is 0 Å². The monoisotopic (exact) mass is 513 g/mol. The van der Waals surface area contributed by atoms with Crippen molar-refractivity contribution in [2.45, 2.75) is 30.9 Å². The number of benzene rings is 1. The molecule has 0 heterocycles. The molecule has 0 aromatic heterocycles. The van der Waals surface area contributed by atoms with Gasteiger partial charge in [-0.05, 0) is 0 Å². The molecular weight excluding hydrogens is 511 g/mol. The summed E-state index contributed by atoms with van der Waals surface area (Å²) in [6.45, 7) is 0. The van der Waals surface area contributed by atoms with Crippen LogP contribution in [0.15, 0.2) is 0 Å². The summed E-state index contributed by atoms with van der Waals surface area (Å²) in [6.07, 6.45) is -35.1. The summed E-state index contributed by atoms with van der Waals surface area (Å²) in [5.74, 6) is 0. The lowest BCUT2D eigenvalue weighted by molar-refractivity contribution is -0.188. The van der Waals surface area contributed by atoms with Crippen LogP contribution in [0.5, 0.6) is 0 Å². The van der Waals surface area contributed by atoms with Crippen LogP contribution >= 0.6 is 0 Å². The van der Waals surface area contributed by atoms with Gasteiger partial charge in [0.25, 0.3) is 0 Å². The second kappa shape index (κ2) is 7.20. The Labute approximate surface area is 159 Å². The summed E-state index contributed by atoms with van der Waals surface area (Å²) in [5.41, 5.74) is -24.9. The molecule has 0 radical (unpaired) electrons. The first-order valence-corrected chi connectivity index (χ1v) is 7.99. The molecule has 31 heavy (non-hydrogen) atoms. The third-order valence-electron chi connectivity index (χ3n) is 3.15. The van der Waals surface area contributed by atoms with E-state index in [0.29, 0.717) is 0 Å². The van der Waals surface area contributed by atoms with Crippen molar-refractivity contribution in [3.63, 3.8) is 0 Å². The Kier molecular flexibility index (Phi) is 6.25. The summed E-state index contributed by atoms with van der Waals surface area (Å²) >= 11 is 0. The van der Waals surface area contributed by atoms with Crippen LogP contribution in [0.4, 0.5) is 71.5 Å². The number of hydrogen-bond acceptors (Lipinski definition) is 2. The molecule has 4 nitrogen and oxygen atoms in total. The van der Waals surface area contributed by atoms with Gasteiger partial charge in [0.2, 0.25) is 0 Å². The summed E-state index contributed by atoms with van der Waals surface area (Å²) in [7, 11) is -6.48. The third-order valence-corrected chi connectivity index (χ3v) is 3.61. The van der Waals surface area contributed by atoms with Crippen LogP contribution in [0.3, 0.4) is 0 Å². The van der Waals surface area contributed by atoms with Crippen molar-refractivity contribution in [1.82, 2.24) is 0 Å². The van der Waals surface area contributed by atoms with Crippen LogP contribution in [0.2, 0.25) is 0 Å². The first-order chi connectivity index (χ1) is 13.2. The Hall–Kier alpha value is -2.12. The average Bonchev–Trinajstić information content (AvgIpc) is 2.37. The summed E-state index contributed by atoms with van der Waals surface area (Å²) in [5, 5.41) is 0. The van der Waals surface area contributed by atoms with Crippen molar-refractivity contribution in [3.8, 4) is 0 Å². The minimum Gasteiger partial charge on any atom is -0.269 e. The molecule has 0 saturated heterocycles.